The summed E-state index contributed by atoms with van der Waals surface area (Å²) in [7, 11) is 0. The van der Waals surface area contributed by atoms with Crippen LogP contribution in [0.2, 0.25) is 0 Å². The first-order valence-corrected chi connectivity index (χ1v) is 13.1. The Labute approximate surface area is 223 Å². The number of aliphatic carboxylic acids is 1. The molecule has 39 heavy (non-hydrogen) atoms. The summed E-state index contributed by atoms with van der Waals surface area (Å²) in [5.74, 6) is -1.28. The molecule has 3 aliphatic rings. The molecule has 0 radical (unpaired) electrons. The molecule has 3 fully saturated rings. The predicted octanol–water partition coefficient (Wildman–Crippen LogP) is 4.82. The summed E-state index contributed by atoms with van der Waals surface area (Å²) in [6.07, 6.45) is -1.26. The third-order valence-corrected chi connectivity index (χ3v) is 7.98. The minimum absolute atomic E-state index is 0.0190. The van der Waals surface area contributed by atoms with Crippen molar-refractivity contribution in [2.75, 3.05) is 24.5 Å². The molecule has 1 N–H and O–H groups in total. The van der Waals surface area contributed by atoms with Gasteiger partial charge in [-0.25, -0.2) is 4.79 Å². The zero-order valence-corrected chi connectivity index (χ0v) is 21.3. The molecule has 0 atom stereocenters. The number of amides is 3. The number of anilines is 1. The molecule has 8 nitrogen and oxygen atoms in total. The SMILES string of the molecule is O=C(O)Cc1cccc(N2CCC3(CC2)C(=O)N(CC2CCC2)C(=O)N3Cc2cccc(OC(F)(F)F)c2)c1. The molecule has 0 bridgehead atoms. The van der Waals surface area contributed by atoms with Gasteiger partial charge in [-0.15, -0.1) is 13.2 Å². The maximum absolute atomic E-state index is 13.8. The first-order valence-electron chi connectivity index (χ1n) is 13.1. The molecule has 2 aromatic rings. The van der Waals surface area contributed by atoms with Gasteiger partial charge in [0.2, 0.25) is 0 Å². The van der Waals surface area contributed by atoms with Gasteiger partial charge < -0.3 is 19.6 Å². The van der Waals surface area contributed by atoms with Gasteiger partial charge in [-0.05, 0) is 67.0 Å². The summed E-state index contributed by atoms with van der Waals surface area (Å²) in [5, 5.41) is 9.14. The maximum Gasteiger partial charge on any atom is 0.573 e. The predicted molar refractivity (Wildman–Crippen MR) is 135 cm³/mol. The molecule has 1 saturated carbocycles. The largest absolute Gasteiger partial charge is 0.573 e. The van der Waals surface area contributed by atoms with E-state index in [9.17, 15) is 27.6 Å². The van der Waals surface area contributed by atoms with Gasteiger partial charge in [0.05, 0.1) is 6.42 Å². The maximum atomic E-state index is 13.8. The van der Waals surface area contributed by atoms with Gasteiger partial charge in [0.25, 0.3) is 5.91 Å². The smallest absolute Gasteiger partial charge is 0.481 e. The van der Waals surface area contributed by atoms with Crippen molar-refractivity contribution >= 4 is 23.6 Å². The number of nitrogens with zero attached hydrogens (tertiary/aromatic N) is 3. The van der Waals surface area contributed by atoms with E-state index in [-0.39, 0.29) is 30.5 Å². The van der Waals surface area contributed by atoms with Crippen LogP contribution in [0.3, 0.4) is 0 Å². The second kappa shape index (κ2) is 10.4. The Hall–Kier alpha value is -3.76. The number of alkyl halides is 3. The minimum Gasteiger partial charge on any atom is -0.481 e. The van der Waals surface area contributed by atoms with Crippen molar-refractivity contribution in [3.63, 3.8) is 0 Å². The number of piperidine rings is 1. The van der Waals surface area contributed by atoms with E-state index in [0.29, 0.717) is 43.6 Å². The summed E-state index contributed by atoms with van der Waals surface area (Å²) in [6.45, 7) is 1.25. The number of hydrogen-bond donors (Lipinski definition) is 1. The lowest BCUT2D eigenvalue weighted by molar-refractivity contribution is -0.274. The Morgan fingerprint density at radius 2 is 1.72 bits per heavy atom. The number of urea groups is 1. The summed E-state index contributed by atoms with van der Waals surface area (Å²) < 4.78 is 42.4. The molecule has 1 aliphatic carbocycles. The van der Waals surface area contributed by atoms with Gasteiger partial charge in [0.1, 0.15) is 11.3 Å². The van der Waals surface area contributed by atoms with Gasteiger partial charge in [-0.3, -0.25) is 14.5 Å². The molecule has 2 aromatic carbocycles. The van der Waals surface area contributed by atoms with Crippen LogP contribution in [0.4, 0.5) is 23.7 Å². The highest BCUT2D eigenvalue weighted by Crippen LogP contribution is 2.41. The molecule has 0 unspecified atom stereocenters. The van der Waals surface area contributed by atoms with Crippen LogP contribution in [0.25, 0.3) is 0 Å². The van der Waals surface area contributed by atoms with E-state index >= 15 is 0 Å². The minimum atomic E-state index is -4.84. The van der Waals surface area contributed by atoms with Crippen LogP contribution in [-0.4, -0.2) is 64.3 Å². The lowest BCUT2D eigenvalue weighted by Crippen LogP contribution is -2.56. The number of benzene rings is 2. The standard InChI is InChI=1S/C28H30F3N3O5/c29-28(30,31)39-23-9-3-7-21(15-23)18-34-26(38)33(17-19-4-1-5-19)25(37)27(34)10-12-32(13-11-27)22-8-2-6-20(14-22)16-24(35)36/h2-3,6-9,14-15,19H,1,4-5,10-13,16-18H2,(H,35,36). The van der Waals surface area contributed by atoms with Crippen molar-refractivity contribution in [2.45, 2.75) is 57.0 Å². The van der Waals surface area contributed by atoms with E-state index in [1.807, 2.05) is 12.1 Å². The Balaban J connectivity index is 1.38. The molecule has 208 valence electrons. The summed E-state index contributed by atoms with van der Waals surface area (Å²) in [6, 6.07) is 12.3. The number of carboxylic acids is 1. The molecular weight excluding hydrogens is 515 g/mol. The highest BCUT2D eigenvalue weighted by molar-refractivity contribution is 6.07. The molecule has 1 spiro atoms. The van der Waals surface area contributed by atoms with E-state index in [4.69, 9.17) is 5.11 Å². The average Bonchev–Trinajstić information content (AvgIpc) is 3.02. The number of hydrogen-bond acceptors (Lipinski definition) is 5. The monoisotopic (exact) mass is 545 g/mol. The zero-order chi connectivity index (χ0) is 27.8. The van der Waals surface area contributed by atoms with Gasteiger partial charge in [-0.1, -0.05) is 30.7 Å². The number of carbonyl (C=O) groups excluding carboxylic acids is 2. The van der Waals surface area contributed by atoms with Crippen molar-refractivity contribution in [1.29, 1.82) is 0 Å². The molecule has 2 aliphatic heterocycles. The van der Waals surface area contributed by atoms with Crippen LogP contribution in [0.15, 0.2) is 48.5 Å². The number of ether oxygens (including phenoxy) is 1. The lowest BCUT2D eigenvalue weighted by Gasteiger charge is -2.43. The molecule has 2 saturated heterocycles. The molecular formula is C28H30F3N3O5. The van der Waals surface area contributed by atoms with E-state index in [0.717, 1.165) is 24.9 Å². The molecule has 11 heteroatoms. The van der Waals surface area contributed by atoms with Crippen molar-refractivity contribution in [3.05, 3.63) is 59.7 Å². The third-order valence-electron chi connectivity index (χ3n) is 7.98. The third kappa shape index (κ3) is 5.67. The summed E-state index contributed by atoms with van der Waals surface area (Å²) in [5.41, 5.74) is 0.847. The molecule has 2 heterocycles. The second-order valence-electron chi connectivity index (χ2n) is 10.5. The van der Waals surface area contributed by atoms with E-state index in [1.54, 1.807) is 18.2 Å². The van der Waals surface area contributed by atoms with E-state index < -0.39 is 23.9 Å². The van der Waals surface area contributed by atoms with Crippen LogP contribution < -0.4 is 9.64 Å². The number of carboxylic acid groups (broad SMARTS) is 1. The Bertz CT molecular complexity index is 1250. The second-order valence-corrected chi connectivity index (χ2v) is 10.5. The Kier molecular flexibility index (Phi) is 7.17. The number of carbonyl (C=O) groups is 3. The normalized spacial score (nSPS) is 19.5. The topological polar surface area (TPSA) is 90.4 Å². The summed E-state index contributed by atoms with van der Waals surface area (Å²) >= 11 is 0. The molecule has 0 aromatic heterocycles. The van der Waals surface area contributed by atoms with Crippen LogP contribution in [0.5, 0.6) is 5.75 Å². The number of halogens is 3. The van der Waals surface area contributed by atoms with Crippen LogP contribution in [0.1, 0.15) is 43.2 Å². The molecule has 5 rings (SSSR count). The number of imide groups is 1. The quantitative estimate of drug-likeness (QED) is 0.479. The van der Waals surface area contributed by atoms with Gasteiger partial charge in [0.15, 0.2) is 0 Å². The Morgan fingerprint density at radius 1 is 1.03 bits per heavy atom. The zero-order valence-electron chi connectivity index (χ0n) is 21.3. The lowest BCUT2D eigenvalue weighted by atomic mass is 9.83. The van der Waals surface area contributed by atoms with Crippen molar-refractivity contribution in [2.24, 2.45) is 5.92 Å². The van der Waals surface area contributed by atoms with E-state index in [1.165, 1.54) is 28.0 Å². The van der Waals surface area contributed by atoms with Crippen molar-refractivity contribution in [3.8, 4) is 5.75 Å². The van der Waals surface area contributed by atoms with Crippen LogP contribution in [0, 0.1) is 5.92 Å². The fourth-order valence-corrected chi connectivity index (χ4v) is 5.78. The first-order chi connectivity index (χ1) is 18.5. The van der Waals surface area contributed by atoms with Crippen LogP contribution in [-0.2, 0) is 22.6 Å². The molecule has 3 amide bonds. The average molecular weight is 546 g/mol. The van der Waals surface area contributed by atoms with Crippen molar-refractivity contribution < 1.29 is 37.4 Å². The van der Waals surface area contributed by atoms with Crippen LogP contribution >= 0.6 is 0 Å². The van der Waals surface area contributed by atoms with Gasteiger partial charge in [-0.2, -0.15) is 0 Å². The first kappa shape index (κ1) is 26.8. The highest BCUT2D eigenvalue weighted by atomic mass is 19.4. The fraction of sp³-hybridized carbons (Fsp3) is 0.464. The van der Waals surface area contributed by atoms with Crippen molar-refractivity contribution in [1.82, 2.24) is 9.80 Å². The highest BCUT2D eigenvalue weighted by Gasteiger charge is 2.58. The number of rotatable bonds is 8. The summed E-state index contributed by atoms with van der Waals surface area (Å²) in [4.78, 5) is 43.6. The van der Waals surface area contributed by atoms with E-state index in [2.05, 4.69) is 9.64 Å². The Morgan fingerprint density at radius 3 is 2.36 bits per heavy atom. The van der Waals surface area contributed by atoms with Gasteiger partial charge in [0, 0.05) is 31.9 Å². The van der Waals surface area contributed by atoms with Gasteiger partial charge >= 0.3 is 18.4 Å². The fourth-order valence-electron chi connectivity index (χ4n) is 5.78.